The summed E-state index contributed by atoms with van der Waals surface area (Å²) >= 11 is 0. The monoisotopic (exact) mass is 370 g/mol. The summed E-state index contributed by atoms with van der Waals surface area (Å²) in [7, 11) is 1.35. The van der Waals surface area contributed by atoms with E-state index >= 15 is 0 Å². The topological polar surface area (TPSA) is 108 Å². The molecule has 0 aliphatic rings. The van der Waals surface area contributed by atoms with E-state index in [9.17, 15) is 14.9 Å². The standard InChI is InChI=1S/C18H18N4O5/c1-4-27-15-6-5-9-21-16(11(2)19-17(15)21)18(23)20-12-7-8-14(26-3)13(10-12)22(24)25/h5-10H,4H2,1-3H3,(H,20,23). The third-order valence-electron chi connectivity index (χ3n) is 3.94. The number of carbonyl (C=O) groups excluding carboxylic acids is 1. The zero-order valence-corrected chi connectivity index (χ0v) is 15.1. The van der Waals surface area contributed by atoms with Crippen LogP contribution in [0.25, 0.3) is 5.65 Å². The number of hydrogen-bond donors (Lipinski definition) is 1. The molecule has 1 amide bonds. The fraction of sp³-hybridized carbons (Fsp3) is 0.222. The van der Waals surface area contributed by atoms with Gasteiger partial charge in [-0.25, -0.2) is 4.98 Å². The van der Waals surface area contributed by atoms with E-state index in [2.05, 4.69) is 10.3 Å². The Morgan fingerprint density at radius 2 is 2.11 bits per heavy atom. The van der Waals surface area contributed by atoms with Gasteiger partial charge < -0.3 is 14.8 Å². The van der Waals surface area contributed by atoms with Crippen LogP contribution in [0.3, 0.4) is 0 Å². The Morgan fingerprint density at radius 1 is 1.33 bits per heavy atom. The van der Waals surface area contributed by atoms with Gasteiger partial charge in [-0.1, -0.05) is 0 Å². The first-order valence-corrected chi connectivity index (χ1v) is 8.20. The molecule has 3 aromatic rings. The van der Waals surface area contributed by atoms with E-state index in [0.29, 0.717) is 29.4 Å². The molecule has 0 aliphatic carbocycles. The van der Waals surface area contributed by atoms with Gasteiger partial charge in [0, 0.05) is 18.0 Å². The van der Waals surface area contributed by atoms with Crippen molar-refractivity contribution in [3.63, 3.8) is 0 Å². The second-order valence-corrected chi connectivity index (χ2v) is 5.64. The van der Waals surface area contributed by atoms with Crippen LogP contribution in [-0.4, -0.2) is 33.9 Å². The predicted octanol–water partition coefficient (Wildman–Crippen LogP) is 3.21. The van der Waals surface area contributed by atoms with Gasteiger partial charge in [0.1, 0.15) is 5.69 Å². The molecular weight excluding hydrogens is 352 g/mol. The van der Waals surface area contributed by atoms with Crippen molar-refractivity contribution in [1.29, 1.82) is 0 Å². The van der Waals surface area contributed by atoms with Crippen molar-refractivity contribution >= 4 is 22.9 Å². The van der Waals surface area contributed by atoms with Crippen LogP contribution >= 0.6 is 0 Å². The lowest BCUT2D eigenvalue weighted by molar-refractivity contribution is -0.385. The van der Waals surface area contributed by atoms with Crippen molar-refractivity contribution < 1.29 is 19.2 Å². The summed E-state index contributed by atoms with van der Waals surface area (Å²) in [5.74, 6) is 0.251. The fourth-order valence-corrected chi connectivity index (χ4v) is 2.80. The lowest BCUT2D eigenvalue weighted by Gasteiger charge is -2.08. The lowest BCUT2D eigenvalue weighted by atomic mass is 10.2. The van der Waals surface area contributed by atoms with Gasteiger partial charge in [-0.3, -0.25) is 19.3 Å². The fourth-order valence-electron chi connectivity index (χ4n) is 2.80. The molecule has 0 atom stereocenters. The summed E-state index contributed by atoms with van der Waals surface area (Å²) in [4.78, 5) is 27.8. The highest BCUT2D eigenvalue weighted by atomic mass is 16.6. The number of methoxy groups -OCH3 is 1. The number of anilines is 1. The molecular formula is C18H18N4O5. The van der Waals surface area contributed by atoms with Crippen molar-refractivity contribution in [2.75, 3.05) is 19.0 Å². The summed E-state index contributed by atoms with van der Waals surface area (Å²) in [5.41, 5.74) is 1.42. The number of nitrogens with zero attached hydrogens (tertiary/aromatic N) is 3. The molecule has 0 unspecified atom stereocenters. The maximum atomic E-state index is 12.8. The molecule has 27 heavy (non-hydrogen) atoms. The number of benzene rings is 1. The number of nitro benzene ring substituents is 1. The largest absolute Gasteiger partial charge is 0.490 e. The lowest BCUT2D eigenvalue weighted by Crippen LogP contribution is -2.15. The normalized spacial score (nSPS) is 10.6. The van der Waals surface area contributed by atoms with E-state index in [1.807, 2.05) is 6.92 Å². The Balaban J connectivity index is 1.98. The molecule has 0 fully saturated rings. The Bertz CT molecular complexity index is 1030. The number of aromatic nitrogens is 2. The molecule has 2 heterocycles. The second-order valence-electron chi connectivity index (χ2n) is 5.64. The maximum Gasteiger partial charge on any atom is 0.312 e. The molecule has 1 N–H and O–H groups in total. The van der Waals surface area contributed by atoms with Crippen LogP contribution in [0, 0.1) is 17.0 Å². The molecule has 0 spiro atoms. The smallest absolute Gasteiger partial charge is 0.312 e. The van der Waals surface area contributed by atoms with E-state index in [4.69, 9.17) is 9.47 Å². The summed E-state index contributed by atoms with van der Waals surface area (Å²) in [6.45, 7) is 4.06. The average Bonchev–Trinajstić information content (AvgIpc) is 2.98. The van der Waals surface area contributed by atoms with Crippen molar-refractivity contribution in [3.05, 3.63) is 58.0 Å². The van der Waals surface area contributed by atoms with Crippen LogP contribution in [0.5, 0.6) is 11.5 Å². The SMILES string of the molecule is CCOc1cccn2c(C(=O)Nc3ccc(OC)c([N+](=O)[O-])c3)c(C)nc12. The van der Waals surface area contributed by atoms with Gasteiger partial charge in [-0.15, -0.1) is 0 Å². The van der Waals surface area contributed by atoms with Crippen molar-refractivity contribution in [2.24, 2.45) is 0 Å². The van der Waals surface area contributed by atoms with Crippen LogP contribution in [0.2, 0.25) is 0 Å². The first-order valence-electron chi connectivity index (χ1n) is 8.20. The van der Waals surface area contributed by atoms with Crippen LogP contribution in [0.1, 0.15) is 23.1 Å². The number of aryl methyl sites for hydroxylation is 1. The van der Waals surface area contributed by atoms with Gasteiger partial charge >= 0.3 is 5.69 Å². The number of fused-ring (bicyclic) bond motifs is 1. The first-order chi connectivity index (χ1) is 13.0. The molecule has 0 aliphatic heterocycles. The number of rotatable bonds is 6. The summed E-state index contributed by atoms with van der Waals surface area (Å²) in [5, 5.41) is 13.8. The predicted molar refractivity (Wildman–Crippen MR) is 98.7 cm³/mol. The Morgan fingerprint density at radius 3 is 2.78 bits per heavy atom. The Hall–Kier alpha value is -3.62. The van der Waals surface area contributed by atoms with Gasteiger partial charge in [0.05, 0.1) is 24.3 Å². The van der Waals surface area contributed by atoms with Crippen LogP contribution in [0.15, 0.2) is 36.5 Å². The molecule has 0 bridgehead atoms. The van der Waals surface area contributed by atoms with E-state index in [1.54, 1.807) is 29.7 Å². The number of nitro groups is 1. The van der Waals surface area contributed by atoms with Gasteiger partial charge in [0.2, 0.25) is 0 Å². The zero-order chi connectivity index (χ0) is 19.6. The number of amides is 1. The van der Waals surface area contributed by atoms with Crippen LogP contribution in [0.4, 0.5) is 11.4 Å². The number of hydrogen-bond acceptors (Lipinski definition) is 6. The first kappa shape index (κ1) is 18.2. The molecule has 2 aromatic heterocycles. The molecule has 9 heteroatoms. The van der Waals surface area contributed by atoms with Gasteiger partial charge in [-0.05, 0) is 38.1 Å². The number of pyridine rings is 1. The minimum Gasteiger partial charge on any atom is -0.490 e. The molecule has 0 saturated carbocycles. The van der Waals surface area contributed by atoms with Gasteiger partial charge in [0.25, 0.3) is 5.91 Å². The molecule has 0 saturated heterocycles. The number of ether oxygens (including phenoxy) is 2. The maximum absolute atomic E-state index is 12.8. The highest BCUT2D eigenvalue weighted by molar-refractivity contribution is 6.04. The van der Waals surface area contributed by atoms with Crippen LogP contribution in [-0.2, 0) is 0 Å². The number of nitrogens with one attached hydrogen (secondary N) is 1. The average molecular weight is 370 g/mol. The molecule has 1 aromatic carbocycles. The molecule has 140 valence electrons. The van der Waals surface area contributed by atoms with E-state index < -0.39 is 10.8 Å². The number of imidazole rings is 1. The molecule has 3 rings (SSSR count). The van der Waals surface area contributed by atoms with E-state index in [0.717, 1.165) is 0 Å². The van der Waals surface area contributed by atoms with Gasteiger partial charge in [-0.2, -0.15) is 0 Å². The third-order valence-corrected chi connectivity index (χ3v) is 3.94. The Labute approximate surface area is 154 Å². The second kappa shape index (κ2) is 7.32. The van der Waals surface area contributed by atoms with E-state index in [1.165, 1.54) is 25.3 Å². The summed E-state index contributed by atoms with van der Waals surface area (Å²) < 4.78 is 12.2. The minimum atomic E-state index is -0.567. The third kappa shape index (κ3) is 3.39. The quantitative estimate of drug-likeness (QED) is 0.527. The highest BCUT2D eigenvalue weighted by Crippen LogP contribution is 2.30. The summed E-state index contributed by atoms with van der Waals surface area (Å²) in [6, 6.07) is 7.75. The van der Waals surface area contributed by atoms with Crippen molar-refractivity contribution in [2.45, 2.75) is 13.8 Å². The summed E-state index contributed by atoms with van der Waals surface area (Å²) in [6.07, 6.45) is 1.71. The van der Waals surface area contributed by atoms with Gasteiger partial charge in [0.15, 0.2) is 17.1 Å². The van der Waals surface area contributed by atoms with E-state index in [-0.39, 0.29) is 17.1 Å². The minimum absolute atomic E-state index is 0.116. The zero-order valence-electron chi connectivity index (χ0n) is 15.1. The highest BCUT2D eigenvalue weighted by Gasteiger charge is 2.21. The van der Waals surface area contributed by atoms with Crippen molar-refractivity contribution in [3.8, 4) is 11.5 Å². The number of carbonyl (C=O) groups is 1. The van der Waals surface area contributed by atoms with Crippen LogP contribution < -0.4 is 14.8 Å². The Kier molecular flexibility index (Phi) is 4.93. The molecule has 0 radical (unpaired) electrons. The van der Waals surface area contributed by atoms with Crippen molar-refractivity contribution in [1.82, 2.24) is 9.38 Å². The molecule has 9 nitrogen and oxygen atoms in total.